The number of amides is 2. The Balaban J connectivity index is 1.70. The normalized spacial score (nSPS) is 20.0. The zero-order chi connectivity index (χ0) is 16.4. The lowest BCUT2D eigenvalue weighted by Crippen LogP contribution is -2.50. The fraction of sp³-hybridized carbons (Fsp3) is 0.438. The van der Waals surface area contributed by atoms with E-state index >= 15 is 0 Å². The van der Waals surface area contributed by atoms with Gasteiger partial charge in [-0.1, -0.05) is 18.6 Å². The number of esters is 1. The molecule has 1 saturated carbocycles. The predicted molar refractivity (Wildman–Crippen MR) is 80.7 cm³/mol. The van der Waals surface area contributed by atoms with Crippen LogP contribution in [0.15, 0.2) is 24.3 Å². The Bertz CT molecular complexity index is 641. The largest absolute Gasteiger partial charge is 0.477 e. The van der Waals surface area contributed by atoms with E-state index in [0.29, 0.717) is 11.4 Å². The molecular weight excluding hydrogens is 300 g/mol. The Labute approximate surface area is 133 Å². The number of ether oxygens (including phenoxy) is 2. The maximum atomic E-state index is 12.4. The zero-order valence-electron chi connectivity index (χ0n) is 12.6. The van der Waals surface area contributed by atoms with E-state index in [2.05, 4.69) is 0 Å². The minimum absolute atomic E-state index is 0.00611. The second kappa shape index (κ2) is 6.28. The third kappa shape index (κ3) is 3.13. The van der Waals surface area contributed by atoms with Gasteiger partial charge in [-0.25, -0.2) is 0 Å². The van der Waals surface area contributed by atoms with Gasteiger partial charge in [-0.2, -0.15) is 0 Å². The summed E-state index contributed by atoms with van der Waals surface area (Å²) in [6.45, 7) is -0.346. The third-order valence-corrected chi connectivity index (χ3v) is 4.17. The van der Waals surface area contributed by atoms with Crippen molar-refractivity contribution in [3.8, 4) is 5.75 Å². The molecule has 0 saturated heterocycles. The molecule has 2 aliphatic rings. The SMILES string of the molecule is NC(=O)C1CN(C(=O)COC(=O)C2CCC2)c2ccccc2O1. The van der Waals surface area contributed by atoms with Gasteiger partial charge in [0.05, 0.1) is 18.2 Å². The molecule has 1 unspecified atom stereocenters. The number of carbonyl (C=O) groups excluding carboxylic acids is 3. The summed E-state index contributed by atoms with van der Waals surface area (Å²) in [5, 5.41) is 0. The van der Waals surface area contributed by atoms with Crippen LogP contribution in [-0.4, -0.2) is 37.0 Å². The first-order valence-electron chi connectivity index (χ1n) is 7.58. The van der Waals surface area contributed by atoms with E-state index in [9.17, 15) is 14.4 Å². The Kier molecular flexibility index (Phi) is 4.18. The van der Waals surface area contributed by atoms with Crippen LogP contribution >= 0.6 is 0 Å². The lowest BCUT2D eigenvalue weighted by Gasteiger charge is -2.33. The van der Waals surface area contributed by atoms with Gasteiger partial charge in [-0.3, -0.25) is 14.4 Å². The smallest absolute Gasteiger partial charge is 0.309 e. The molecule has 2 N–H and O–H groups in total. The number of nitrogens with zero attached hydrogens (tertiary/aromatic N) is 1. The molecule has 1 fully saturated rings. The lowest BCUT2D eigenvalue weighted by molar-refractivity contribution is -0.154. The first-order valence-corrected chi connectivity index (χ1v) is 7.58. The van der Waals surface area contributed by atoms with Crippen molar-refractivity contribution in [1.82, 2.24) is 0 Å². The van der Waals surface area contributed by atoms with Crippen LogP contribution < -0.4 is 15.4 Å². The first kappa shape index (κ1) is 15.3. The Morgan fingerprint density at radius 2 is 2.00 bits per heavy atom. The Morgan fingerprint density at radius 3 is 2.65 bits per heavy atom. The molecule has 1 aliphatic carbocycles. The standard InChI is InChI=1S/C16H18N2O5/c17-15(20)13-8-18(11-6-1-2-7-12(11)23-13)14(19)9-22-16(21)10-4-3-5-10/h1-2,6-7,10,13H,3-5,8-9H2,(H2,17,20). The number of carbonyl (C=O) groups is 3. The van der Waals surface area contributed by atoms with Crippen LogP contribution in [0.2, 0.25) is 0 Å². The van der Waals surface area contributed by atoms with E-state index in [4.69, 9.17) is 15.2 Å². The molecule has 7 nitrogen and oxygen atoms in total. The van der Waals surface area contributed by atoms with Crippen molar-refractivity contribution in [2.45, 2.75) is 25.4 Å². The van der Waals surface area contributed by atoms with Gasteiger partial charge in [0, 0.05) is 0 Å². The number of hydrogen-bond donors (Lipinski definition) is 1. The van der Waals surface area contributed by atoms with Crippen LogP contribution in [0, 0.1) is 5.92 Å². The molecule has 122 valence electrons. The zero-order valence-corrected chi connectivity index (χ0v) is 12.6. The van der Waals surface area contributed by atoms with Crippen molar-refractivity contribution >= 4 is 23.5 Å². The maximum absolute atomic E-state index is 12.4. The van der Waals surface area contributed by atoms with Crippen LogP contribution in [-0.2, 0) is 19.1 Å². The van der Waals surface area contributed by atoms with E-state index in [1.807, 2.05) is 0 Å². The highest BCUT2D eigenvalue weighted by Crippen LogP contribution is 2.33. The van der Waals surface area contributed by atoms with Gasteiger partial charge in [-0.05, 0) is 25.0 Å². The fourth-order valence-corrected chi connectivity index (χ4v) is 2.59. The highest BCUT2D eigenvalue weighted by molar-refractivity contribution is 5.98. The minimum atomic E-state index is -0.920. The van der Waals surface area contributed by atoms with Crippen molar-refractivity contribution in [2.24, 2.45) is 11.7 Å². The number of nitrogens with two attached hydrogens (primary N) is 1. The van der Waals surface area contributed by atoms with Gasteiger partial charge >= 0.3 is 5.97 Å². The van der Waals surface area contributed by atoms with Crippen molar-refractivity contribution < 1.29 is 23.9 Å². The number of fused-ring (bicyclic) bond motifs is 1. The molecule has 1 atom stereocenters. The summed E-state index contributed by atoms with van der Waals surface area (Å²) < 4.78 is 10.6. The van der Waals surface area contributed by atoms with Gasteiger partial charge in [0.1, 0.15) is 5.75 Å². The third-order valence-electron chi connectivity index (χ3n) is 4.17. The molecule has 3 rings (SSSR count). The molecule has 1 aromatic rings. The monoisotopic (exact) mass is 318 g/mol. The maximum Gasteiger partial charge on any atom is 0.309 e. The van der Waals surface area contributed by atoms with Crippen molar-refractivity contribution in [2.75, 3.05) is 18.1 Å². The fourth-order valence-electron chi connectivity index (χ4n) is 2.59. The topological polar surface area (TPSA) is 98.9 Å². The molecule has 0 spiro atoms. The summed E-state index contributed by atoms with van der Waals surface area (Å²) >= 11 is 0. The number of primary amides is 1. The predicted octanol–water partition coefficient (Wildman–Crippen LogP) is 0.609. The van der Waals surface area contributed by atoms with Crippen molar-refractivity contribution in [1.29, 1.82) is 0 Å². The lowest BCUT2D eigenvalue weighted by atomic mass is 9.86. The van der Waals surface area contributed by atoms with Crippen LogP contribution in [0.5, 0.6) is 5.75 Å². The van der Waals surface area contributed by atoms with Crippen molar-refractivity contribution in [3.63, 3.8) is 0 Å². The molecule has 23 heavy (non-hydrogen) atoms. The molecule has 1 aliphatic heterocycles. The molecule has 0 radical (unpaired) electrons. The van der Waals surface area contributed by atoms with E-state index < -0.39 is 17.9 Å². The molecule has 2 amide bonds. The number of para-hydroxylation sites is 2. The summed E-state index contributed by atoms with van der Waals surface area (Å²) in [7, 11) is 0. The van der Waals surface area contributed by atoms with E-state index in [-0.39, 0.29) is 25.0 Å². The van der Waals surface area contributed by atoms with Crippen LogP contribution in [0.4, 0.5) is 5.69 Å². The second-order valence-corrected chi connectivity index (χ2v) is 5.72. The molecule has 0 bridgehead atoms. The number of hydrogen-bond acceptors (Lipinski definition) is 5. The number of rotatable bonds is 4. The van der Waals surface area contributed by atoms with Gasteiger partial charge in [0.25, 0.3) is 11.8 Å². The quantitative estimate of drug-likeness (QED) is 0.820. The van der Waals surface area contributed by atoms with Gasteiger partial charge in [-0.15, -0.1) is 0 Å². The average Bonchev–Trinajstić information content (AvgIpc) is 2.49. The Morgan fingerprint density at radius 1 is 1.26 bits per heavy atom. The number of benzene rings is 1. The molecule has 1 heterocycles. The van der Waals surface area contributed by atoms with Gasteiger partial charge < -0.3 is 20.1 Å². The summed E-state index contributed by atoms with van der Waals surface area (Å²) in [4.78, 5) is 36.9. The summed E-state index contributed by atoms with van der Waals surface area (Å²) in [6, 6.07) is 6.86. The van der Waals surface area contributed by atoms with E-state index in [1.165, 1.54) is 4.90 Å². The average molecular weight is 318 g/mol. The van der Waals surface area contributed by atoms with Crippen LogP contribution in [0.3, 0.4) is 0 Å². The summed E-state index contributed by atoms with van der Waals surface area (Å²) in [6.07, 6.45) is 1.73. The highest BCUT2D eigenvalue weighted by Gasteiger charge is 2.33. The van der Waals surface area contributed by atoms with Crippen molar-refractivity contribution in [3.05, 3.63) is 24.3 Å². The van der Waals surface area contributed by atoms with Gasteiger partial charge in [0.15, 0.2) is 12.7 Å². The highest BCUT2D eigenvalue weighted by atomic mass is 16.5. The minimum Gasteiger partial charge on any atom is -0.477 e. The Hall–Kier alpha value is -2.57. The van der Waals surface area contributed by atoms with Crippen LogP contribution in [0.1, 0.15) is 19.3 Å². The van der Waals surface area contributed by atoms with Crippen LogP contribution in [0.25, 0.3) is 0 Å². The summed E-state index contributed by atoms with van der Waals surface area (Å²) in [5.74, 6) is -1.07. The molecule has 7 heteroatoms. The van der Waals surface area contributed by atoms with E-state index in [0.717, 1.165) is 19.3 Å². The molecular formula is C16H18N2O5. The second-order valence-electron chi connectivity index (χ2n) is 5.72. The number of anilines is 1. The van der Waals surface area contributed by atoms with E-state index in [1.54, 1.807) is 24.3 Å². The molecule has 0 aromatic heterocycles. The van der Waals surface area contributed by atoms with Gasteiger partial charge in [0.2, 0.25) is 0 Å². The molecule has 1 aromatic carbocycles. The first-order chi connectivity index (χ1) is 11.1. The summed E-state index contributed by atoms with van der Waals surface area (Å²) in [5.41, 5.74) is 5.82.